The first-order valence-corrected chi connectivity index (χ1v) is 12.5. The molecule has 2 aromatic carbocycles. The van der Waals surface area contributed by atoms with E-state index < -0.39 is 11.6 Å². The Hall–Kier alpha value is -1.40. The SMILES string of the molecule is C[C@@H](C(=O)NC(C)(C)C)N(Cc1ccc(Cl)cc1Cl)C(=O)CCCSc1ccc(Cl)cc1. The van der Waals surface area contributed by atoms with Crippen molar-refractivity contribution in [2.24, 2.45) is 0 Å². The molecule has 2 aromatic rings. The van der Waals surface area contributed by atoms with Crippen LogP contribution in [0.15, 0.2) is 47.4 Å². The number of hydrogen-bond acceptors (Lipinski definition) is 3. The largest absolute Gasteiger partial charge is 0.350 e. The lowest BCUT2D eigenvalue weighted by molar-refractivity contribution is -0.141. The van der Waals surface area contributed by atoms with Gasteiger partial charge in [0, 0.05) is 38.5 Å². The normalized spacial score (nSPS) is 12.3. The highest BCUT2D eigenvalue weighted by Gasteiger charge is 2.28. The van der Waals surface area contributed by atoms with Crippen molar-refractivity contribution in [3.8, 4) is 0 Å². The molecule has 0 heterocycles. The zero-order valence-electron chi connectivity index (χ0n) is 18.8. The Balaban J connectivity index is 2.06. The number of nitrogens with zero attached hydrogens (tertiary/aromatic N) is 1. The van der Waals surface area contributed by atoms with E-state index in [0.29, 0.717) is 27.9 Å². The van der Waals surface area contributed by atoms with Gasteiger partial charge in [0.1, 0.15) is 6.04 Å². The molecule has 0 aliphatic rings. The lowest BCUT2D eigenvalue weighted by Gasteiger charge is -2.31. The summed E-state index contributed by atoms with van der Waals surface area (Å²) in [6, 6.07) is 12.1. The van der Waals surface area contributed by atoms with Crippen LogP contribution in [0.5, 0.6) is 0 Å². The van der Waals surface area contributed by atoms with E-state index in [-0.39, 0.29) is 18.4 Å². The van der Waals surface area contributed by atoms with Crippen molar-refractivity contribution in [1.29, 1.82) is 0 Å². The molecular formula is C24H29Cl3N2O2S. The van der Waals surface area contributed by atoms with Gasteiger partial charge in [-0.05, 0) is 81.8 Å². The molecule has 4 nitrogen and oxygen atoms in total. The summed E-state index contributed by atoms with van der Waals surface area (Å²) in [6.45, 7) is 7.71. The van der Waals surface area contributed by atoms with Crippen LogP contribution in [-0.4, -0.2) is 34.0 Å². The molecule has 0 spiro atoms. The maximum Gasteiger partial charge on any atom is 0.242 e. The lowest BCUT2D eigenvalue weighted by Crippen LogP contribution is -2.52. The minimum Gasteiger partial charge on any atom is -0.350 e. The van der Waals surface area contributed by atoms with Crippen molar-refractivity contribution < 1.29 is 9.59 Å². The van der Waals surface area contributed by atoms with Crippen molar-refractivity contribution in [1.82, 2.24) is 10.2 Å². The van der Waals surface area contributed by atoms with Crippen LogP contribution in [-0.2, 0) is 16.1 Å². The Morgan fingerprint density at radius 1 is 1.03 bits per heavy atom. The van der Waals surface area contributed by atoms with E-state index in [1.807, 2.05) is 45.0 Å². The van der Waals surface area contributed by atoms with Gasteiger partial charge in [0.2, 0.25) is 11.8 Å². The molecule has 32 heavy (non-hydrogen) atoms. The molecule has 0 saturated carbocycles. The Kier molecular flexibility index (Phi) is 10.2. The Morgan fingerprint density at radius 2 is 1.66 bits per heavy atom. The van der Waals surface area contributed by atoms with Crippen LogP contribution in [0.3, 0.4) is 0 Å². The standard InChI is InChI=1S/C24H29Cl3N2O2S/c1-16(23(31)28-24(2,3)4)29(15-17-7-8-19(26)14-21(17)27)22(30)6-5-13-32-20-11-9-18(25)10-12-20/h7-12,14,16H,5-6,13,15H2,1-4H3,(H,28,31)/t16-/m0/s1. The van der Waals surface area contributed by atoms with Crippen LogP contribution in [0, 0.1) is 0 Å². The first-order valence-electron chi connectivity index (χ1n) is 10.4. The Bertz CT molecular complexity index is 930. The van der Waals surface area contributed by atoms with Crippen LogP contribution >= 0.6 is 46.6 Å². The van der Waals surface area contributed by atoms with Gasteiger partial charge in [-0.2, -0.15) is 0 Å². The number of amides is 2. The molecule has 1 N–H and O–H groups in total. The van der Waals surface area contributed by atoms with Crippen molar-refractivity contribution in [2.45, 2.75) is 63.6 Å². The second kappa shape index (κ2) is 12.2. The number of hydrogen-bond donors (Lipinski definition) is 1. The van der Waals surface area contributed by atoms with E-state index in [9.17, 15) is 9.59 Å². The van der Waals surface area contributed by atoms with Crippen molar-refractivity contribution >= 4 is 58.4 Å². The van der Waals surface area contributed by atoms with E-state index >= 15 is 0 Å². The molecule has 0 unspecified atom stereocenters. The first-order chi connectivity index (χ1) is 15.0. The second-order valence-corrected chi connectivity index (χ2v) is 11.0. The van der Waals surface area contributed by atoms with Gasteiger partial charge in [0.05, 0.1) is 0 Å². The highest BCUT2D eigenvalue weighted by Crippen LogP contribution is 2.25. The average molecular weight is 516 g/mol. The van der Waals surface area contributed by atoms with Gasteiger partial charge >= 0.3 is 0 Å². The summed E-state index contributed by atoms with van der Waals surface area (Å²) in [6.07, 6.45) is 1.02. The van der Waals surface area contributed by atoms with E-state index in [0.717, 1.165) is 16.2 Å². The number of halogens is 3. The summed E-state index contributed by atoms with van der Waals surface area (Å²) in [7, 11) is 0. The van der Waals surface area contributed by atoms with E-state index in [1.165, 1.54) is 0 Å². The maximum absolute atomic E-state index is 13.1. The lowest BCUT2D eigenvalue weighted by atomic mass is 10.1. The van der Waals surface area contributed by atoms with Gasteiger partial charge in [0.15, 0.2) is 0 Å². The zero-order chi connectivity index (χ0) is 23.9. The number of carbonyl (C=O) groups excluding carboxylic acids is 2. The summed E-state index contributed by atoms with van der Waals surface area (Å²) >= 11 is 19.9. The van der Waals surface area contributed by atoms with E-state index in [1.54, 1.807) is 41.8 Å². The van der Waals surface area contributed by atoms with Crippen molar-refractivity contribution in [3.05, 3.63) is 63.1 Å². The second-order valence-electron chi connectivity index (χ2n) is 8.58. The minimum absolute atomic E-state index is 0.0933. The highest BCUT2D eigenvalue weighted by molar-refractivity contribution is 7.99. The predicted octanol–water partition coefficient (Wildman–Crippen LogP) is 6.85. The number of carbonyl (C=O) groups is 2. The van der Waals surface area contributed by atoms with Crippen LogP contribution in [0.1, 0.15) is 46.1 Å². The van der Waals surface area contributed by atoms with Gasteiger partial charge in [0.25, 0.3) is 0 Å². The fourth-order valence-electron chi connectivity index (χ4n) is 2.98. The van der Waals surface area contributed by atoms with Crippen LogP contribution < -0.4 is 5.32 Å². The molecule has 174 valence electrons. The molecule has 0 aliphatic carbocycles. The molecule has 1 atom stereocenters. The minimum atomic E-state index is -0.641. The predicted molar refractivity (Wildman–Crippen MR) is 136 cm³/mol. The van der Waals surface area contributed by atoms with Crippen LogP contribution in [0.2, 0.25) is 15.1 Å². The molecule has 0 radical (unpaired) electrons. The third-order valence-electron chi connectivity index (χ3n) is 4.64. The summed E-state index contributed by atoms with van der Waals surface area (Å²) in [5.74, 6) is 0.488. The summed E-state index contributed by atoms with van der Waals surface area (Å²) in [5.41, 5.74) is 0.350. The maximum atomic E-state index is 13.1. The third kappa shape index (κ3) is 8.86. The molecule has 0 saturated heterocycles. The van der Waals surface area contributed by atoms with Crippen molar-refractivity contribution in [3.63, 3.8) is 0 Å². The van der Waals surface area contributed by atoms with Gasteiger partial charge in [-0.25, -0.2) is 0 Å². The van der Waals surface area contributed by atoms with Gasteiger partial charge in [-0.1, -0.05) is 40.9 Å². The summed E-state index contributed by atoms with van der Waals surface area (Å²) < 4.78 is 0. The molecule has 2 rings (SSSR count). The fourth-order valence-corrected chi connectivity index (χ4v) is 4.43. The fraction of sp³-hybridized carbons (Fsp3) is 0.417. The molecule has 0 fully saturated rings. The van der Waals surface area contributed by atoms with Crippen LogP contribution in [0.25, 0.3) is 0 Å². The third-order valence-corrected chi connectivity index (χ3v) is 6.58. The molecule has 0 aliphatic heterocycles. The Morgan fingerprint density at radius 3 is 2.25 bits per heavy atom. The number of nitrogens with one attached hydrogen (secondary N) is 1. The molecule has 2 amide bonds. The zero-order valence-corrected chi connectivity index (χ0v) is 21.8. The van der Waals surface area contributed by atoms with E-state index in [2.05, 4.69) is 5.32 Å². The Labute approximate surface area is 210 Å². The number of thioether (sulfide) groups is 1. The summed E-state index contributed by atoms with van der Waals surface area (Å²) in [4.78, 5) is 28.6. The monoisotopic (exact) mass is 514 g/mol. The number of benzene rings is 2. The van der Waals surface area contributed by atoms with E-state index in [4.69, 9.17) is 34.8 Å². The smallest absolute Gasteiger partial charge is 0.242 e. The molecule has 0 bridgehead atoms. The summed E-state index contributed by atoms with van der Waals surface area (Å²) in [5, 5.41) is 4.65. The quantitative estimate of drug-likeness (QED) is 0.293. The topological polar surface area (TPSA) is 49.4 Å². The van der Waals surface area contributed by atoms with Gasteiger partial charge < -0.3 is 10.2 Å². The van der Waals surface area contributed by atoms with Crippen molar-refractivity contribution in [2.75, 3.05) is 5.75 Å². The molecular weight excluding hydrogens is 487 g/mol. The van der Waals surface area contributed by atoms with Gasteiger partial charge in [-0.15, -0.1) is 11.8 Å². The molecule has 0 aromatic heterocycles. The highest BCUT2D eigenvalue weighted by atomic mass is 35.5. The number of rotatable bonds is 9. The van der Waals surface area contributed by atoms with Gasteiger partial charge in [-0.3, -0.25) is 9.59 Å². The first kappa shape index (κ1) is 26.8. The van der Waals surface area contributed by atoms with Crippen LogP contribution in [0.4, 0.5) is 0 Å². The molecule has 8 heteroatoms. The average Bonchev–Trinajstić information content (AvgIpc) is 2.70.